The molecule has 0 amide bonds. The van der Waals surface area contributed by atoms with Crippen molar-refractivity contribution in [2.24, 2.45) is 0 Å². The Morgan fingerprint density at radius 1 is 1.04 bits per heavy atom. The highest BCUT2D eigenvalue weighted by molar-refractivity contribution is 9.10. The molecule has 3 rings (SSSR count). The lowest BCUT2D eigenvalue weighted by Gasteiger charge is -2.01. The zero-order chi connectivity index (χ0) is 17.3. The number of halogens is 2. The fraction of sp³-hybridized carbons (Fsp3) is 0. The molecule has 24 heavy (non-hydrogen) atoms. The predicted molar refractivity (Wildman–Crippen MR) is 93.9 cm³/mol. The Kier molecular flexibility index (Phi) is 4.58. The first-order chi connectivity index (χ1) is 11.4. The number of oxazole rings is 1. The van der Waals surface area contributed by atoms with E-state index in [1.807, 2.05) is 0 Å². The third-order valence-electron chi connectivity index (χ3n) is 3.17. The third kappa shape index (κ3) is 3.02. The molecule has 1 aromatic heterocycles. The van der Waals surface area contributed by atoms with Crippen LogP contribution in [0.15, 0.2) is 71.9 Å². The molecule has 120 valence electrons. The summed E-state index contributed by atoms with van der Waals surface area (Å²) in [5.74, 6) is 0.0645. The smallest absolute Gasteiger partial charge is 0.261 e. The van der Waals surface area contributed by atoms with Gasteiger partial charge in [0.1, 0.15) is 6.07 Å². The number of aromatic nitrogens is 1. The highest BCUT2D eigenvalue weighted by Gasteiger charge is 2.29. The summed E-state index contributed by atoms with van der Waals surface area (Å²) in [6.45, 7) is 0. The van der Waals surface area contributed by atoms with Gasteiger partial charge in [-0.1, -0.05) is 28.1 Å². The summed E-state index contributed by atoms with van der Waals surface area (Å²) in [4.78, 5) is 4.05. The van der Waals surface area contributed by atoms with Gasteiger partial charge < -0.3 is 4.42 Å². The van der Waals surface area contributed by atoms with Crippen molar-refractivity contribution in [3.63, 3.8) is 0 Å². The fourth-order valence-corrected chi connectivity index (χ4v) is 3.99. The van der Waals surface area contributed by atoms with E-state index in [9.17, 15) is 13.7 Å². The fourth-order valence-electron chi connectivity index (χ4n) is 2.03. The molecule has 0 aliphatic rings. The first-order valence-corrected chi connectivity index (χ1v) is 9.67. The molecule has 0 saturated heterocycles. The molecule has 0 atom stereocenters. The molecular weight excluding hydrogens is 460 g/mol. The largest absolute Gasteiger partial charge is 0.423 e. The molecule has 8 heteroatoms. The van der Waals surface area contributed by atoms with Crippen molar-refractivity contribution in [1.82, 2.24) is 4.98 Å². The van der Waals surface area contributed by atoms with Gasteiger partial charge in [-0.2, -0.15) is 10.2 Å². The van der Waals surface area contributed by atoms with Crippen LogP contribution in [0.2, 0.25) is 0 Å². The molecule has 0 saturated carbocycles. The predicted octanol–water partition coefficient (Wildman–Crippen LogP) is 4.57. The van der Waals surface area contributed by atoms with Crippen molar-refractivity contribution < 1.29 is 12.8 Å². The SMILES string of the molecule is N#Cc1nc(-c2ccccc2Br)oc1S(=O)(=O)c1ccc(Br)cc1. The van der Waals surface area contributed by atoms with Crippen molar-refractivity contribution in [2.75, 3.05) is 0 Å². The second kappa shape index (κ2) is 6.51. The second-order valence-corrected chi connectivity index (χ2v) is 8.32. The van der Waals surface area contributed by atoms with Gasteiger partial charge in [0, 0.05) is 8.95 Å². The Labute approximate surface area is 155 Å². The number of sulfone groups is 1. The molecule has 3 aromatic rings. The molecule has 0 unspecified atom stereocenters. The highest BCUT2D eigenvalue weighted by atomic mass is 79.9. The van der Waals surface area contributed by atoms with E-state index < -0.39 is 14.9 Å². The maximum absolute atomic E-state index is 12.7. The normalized spacial score (nSPS) is 11.2. The van der Waals surface area contributed by atoms with Crippen LogP contribution < -0.4 is 0 Å². The molecule has 0 spiro atoms. The minimum atomic E-state index is -3.99. The molecule has 0 N–H and O–H groups in total. The molecule has 0 fully saturated rings. The monoisotopic (exact) mass is 466 g/mol. The summed E-state index contributed by atoms with van der Waals surface area (Å²) in [6.07, 6.45) is 0. The van der Waals surface area contributed by atoms with Crippen LogP contribution in [0.25, 0.3) is 11.5 Å². The van der Waals surface area contributed by atoms with Crippen LogP contribution in [0.1, 0.15) is 5.69 Å². The van der Waals surface area contributed by atoms with E-state index in [2.05, 4.69) is 36.8 Å². The lowest BCUT2D eigenvalue weighted by molar-refractivity contribution is 0.457. The van der Waals surface area contributed by atoms with Gasteiger partial charge in [-0.25, -0.2) is 8.42 Å². The Hall–Kier alpha value is -1.95. The summed E-state index contributed by atoms with van der Waals surface area (Å²) >= 11 is 6.61. The Balaban J connectivity index is 2.17. The summed E-state index contributed by atoms with van der Waals surface area (Å²) in [5.41, 5.74) is 0.287. The van der Waals surface area contributed by atoms with Gasteiger partial charge in [-0.15, -0.1) is 0 Å². The number of nitriles is 1. The molecule has 2 aromatic carbocycles. The standard InChI is InChI=1S/C16H8Br2N2O3S/c17-10-5-7-11(8-6-10)24(21,22)16-14(9-19)20-15(23-16)12-3-1-2-4-13(12)18/h1-8H. The minimum Gasteiger partial charge on any atom is -0.423 e. The van der Waals surface area contributed by atoms with E-state index in [-0.39, 0.29) is 16.5 Å². The minimum absolute atomic E-state index is 0.0250. The first kappa shape index (κ1) is 16.9. The number of benzene rings is 2. The zero-order valence-electron chi connectivity index (χ0n) is 11.9. The molecule has 5 nitrogen and oxygen atoms in total. The average molecular weight is 468 g/mol. The van der Waals surface area contributed by atoms with E-state index in [1.54, 1.807) is 42.5 Å². The van der Waals surface area contributed by atoms with E-state index in [0.29, 0.717) is 10.0 Å². The van der Waals surface area contributed by atoms with Crippen LogP contribution in [0, 0.1) is 11.3 Å². The van der Waals surface area contributed by atoms with Gasteiger partial charge in [-0.05, 0) is 52.3 Å². The Morgan fingerprint density at radius 2 is 1.71 bits per heavy atom. The Bertz CT molecular complexity index is 1050. The van der Waals surface area contributed by atoms with Crippen LogP contribution in [0.3, 0.4) is 0 Å². The summed E-state index contributed by atoms with van der Waals surface area (Å²) in [5, 5.41) is 8.79. The van der Waals surface area contributed by atoms with Crippen LogP contribution in [0.5, 0.6) is 0 Å². The van der Waals surface area contributed by atoms with Crippen molar-refractivity contribution in [2.45, 2.75) is 9.99 Å². The van der Waals surface area contributed by atoms with Crippen LogP contribution in [-0.4, -0.2) is 13.4 Å². The van der Waals surface area contributed by atoms with Crippen LogP contribution in [-0.2, 0) is 9.84 Å². The van der Waals surface area contributed by atoms with E-state index in [4.69, 9.17) is 4.42 Å². The molecule has 0 radical (unpaired) electrons. The third-order valence-corrected chi connectivity index (χ3v) is 6.05. The topological polar surface area (TPSA) is 84.0 Å². The van der Waals surface area contributed by atoms with E-state index in [0.717, 1.165) is 4.47 Å². The van der Waals surface area contributed by atoms with Gasteiger partial charge in [0.15, 0.2) is 5.69 Å². The molecule has 1 heterocycles. The lowest BCUT2D eigenvalue weighted by Crippen LogP contribution is -2.02. The van der Waals surface area contributed by atoms with Crippen LogP contribution in [0.4, 0.5) is 0 Å². The van der Waals surface area contributed by atoms with Crippen molar-refractivity contribution in [1.29, 1.82) is 5.26 Å². The zero-order valence-corrected chi connectivity index (χ0v) is 15.9. The van der Waals surface area contributed by atoms with Crippen molar-refractivity contribution in [3.05, 3.63) is 63.2 Å². The molecule has 0 aliphatic carbocycles. The first-order valence-electron chi connectivity index (χ1n) is 6.60. The van der Waals surface area contributed by atoms with Crippen molar-refractivity contribution in [3.8, 4) is 17.5 Å². The summed E-state index contributed by atoms with van der Waals surface area (Å²) < 4.78 is 32.4. The van der Waals surface area contributed by atoms with Crippen LogP contribution >= 0.6 is 31.9 Å². The van der Waals surface area contributed by atoms with Gasteiger partial charge in [0.2, 0.25) is 15.7 Å². The quantitative estimate of drug-likeness (QED) is 0.563. The number of nitrogens with zero attached hydrogens (tertiary/aromatic N) is 2. The average Bonchev–Trinajstić information content (AvgIpc) is 3.00. The summed E-state index contributed by atoms with van der Waals surface area (Å²) in [7, 11) is -3.99. The molecule has 0 aliphatic heterocycles. The maximum Gasteiger partial charge on any atom is 0.261 e. The molecule has 0 bridgehead atoms. The number of rotatable bonds is 3. The molecular formula is C16H8Br2N2O3S. The lowest BCUT2D eigenvalue weighted by atomic mass is 10.2. The van der Waals surface area contributed by atoms with E-state index >= 15 is 0 Å². The summed E-state index contributed by atoms with van der Waals surface area (Å²) in [6, 6.07) is 14.9. The number of hydrogen-bond donors (Lipinski definition) is 0. The van der Waals surface area contributed by atoms with E-state index in [1.165, 1.54) is 12.1 Å². The maximum atomic E-state index is 12.7. The van der Waals surface area contributed by atoms with Gasteiger partial charge in [0.05, 0.1) is 10.5 Å². The van der Waals surface area contributed by atoms with Gasteiger partial charge >= 0.3 is 0 Å². The van der Waals surface area contributed by atoms with Gasteiger partial charge in [0.25, 0.3) is 5.09 Å². The van der Waals surface area contributed by atoms with Gasteiger partial charge in [-0.3, -0.25) is 0 Å². The highest BCUT2D eigenvalue weighted by Crippen LogP contribution is 2.32. The Morgan fingerprint density at radius 3 is 2.33 bits per heavy atom. The second-order valence-electron chi connectivity index (χ2n) is 4.70. The van der Waals surface area contributed by atoms with Crippen molar-refractivity contribution >= 4 is 41.7 Å². The number of hydrogen-bond acceptors (Lipinski definition) is 5.